The van der Waals surface area contributed by atoms with Gasteiger partial charge in [-0.3, -0.25) is 0 Å². The third-order valence-corrected chi connectivity index (χ3v) is 4.98. The van der Waals surface area contributed by atoms with Crippen molar-refractivity contribution in [3.05, 3.63) is 0 Å². The highest BCUT2D eigenvalue weighted by atomic mass is 32.2. The molecule has 4 heteroatoms. The molecule has 1 saturated heterocycles. The number of rotatable bonds is 5. The van der Waals surface area contributed by atoms with Crippen LogP contribution in [0.2, 0.25) is 0 Å². The molecule has 1 heterocycles. The molecular weight excluding hydrogens is 210 g/mol. The summed E-state index contributed by atoms with van der Waals surface area (Å²) in [4.78, 5) is 0. The fourth-order valence-corrected chi connectivity index (χ4v) is 3.55. The van der Waals surface area contributed by atoms with Gasteiger partial charge in [-0.25, -0.2) is 0 Å². The third-order valence-electron chi connectivity index (χ3n) is 3.31. The SMILES string of the molecule is NC(C1CC1)C(CO)SC1CCOCC1. The molecule has 88 valence electrons. The lowest BCUT2D eigenvalue weighted by Gasteiger charge is -2.28. The first kappa shape index (κ1) is 11.7. The summed E-state index contributed by atoms with van der Waals surface area (Å²) in [5, 5.41) is 10.2. The van der Waals surface area contributed by atoms with E-state index in [9.17, 15) is 5.11 Å². The van der Waals surface area contributed by atoms with Gasteiger partial charge in [0.2, 0.25) is 0 Å². The first-order valence-electron chi connectivity index (χ1n) is 5.91. The second kappa shape index (κ2) is 5.53. The minimum absolute atomic E-state index is 0.197. The molecule has 0 spiro atoms. The molecule has 3 N–H and O–H groups in total. The van der Waals surface area contributed by atoms with Crippen LogP contribution in [-0.2, 0) is 4.74 Å². The van der Waals surface area contributed by atoms with Crippen molar-refractivity contribution in [2.45, 2.75) is 42.2 Å². The second-order valence-electron chi connectivity index (χ2n) is 4.58. The lowest BCUT2D eigenvalue weighted by Crippen LogP contribution is -2.38. The fraction of sp³-hybridized carbons (Fsp3) is 1.00. The molecular formula is C11H21NO2S. The summed E-state index contributed by atoms with van der Waals surface area (Å²) in [7, 11) is 0. The molecule has 1 aliphatic carbocycles. The monoisotopic (exact) mass is 231 g/mol. The molecule has 0 aromatic carbocycles. The lowest BCUT2D eigenvalue weighted by atomic mass is 10.1. The van der Waals surface area contributed by atoms with Gasteiger partial charge in [0.05, 0.1) is 6.61 Å². The van der Waals surface area contributed by atoms with E-state index in [0.717, 1.165) is 26.1 Å². The number of ether oxygens (including phenoxy) is 1. The summed E-state index contributed by atoms with van der Waals surface area (Å²) in [6.45, 7) is 1.96. The Bertz CT molecular complexity index is 193. The second-order valence-corrected chi connectivity index (χ2v) is 6.13. The first-order chi connectivity index (χ1) is 7.31. The van der Waals surface area contributed by atoms with Crippen LogP contribution < -0.4 is 5.73 Å². The molecule has 1 saturated carbocycles. The van der Waals surface area contributed by atoms with Gasteiger partial charge in [0, 0.05) is 29.8 Å². The average Bonchev–Trinajstić information content (AvgIpc) is 3.10. The van der Waals surface area contributed by atoms with Gasteiger partial charge >= 0.3 is 0 Å². The predicted molar refractivity (Wildman–Crippen MR) is 63.0 cm³/mol. The summed E-state index contributed by atoms with van der Waals surface area (Å²) in [5.74, 6) is 0.675. The first-order valence-corrected chi connectivity index (χ1v) is 6.85. The Balaban J connectivity index is 1.77. The quantitative estimate of drug-likeness (QED) is 0.741. The van der Waals surface area contributed by atoms with Gasteiger partial charge in [-0.05, 0) is 31.6 Å². The van der Waals surface area contributed by atoms with Gasteiger partial charge in [-0.1, -0.05) is 0 Å². The highest BCUT2D eigenvalue weighted by molar-refractivity contribution is 8.00. The van der Waals surface area contributed by atoms with Crippen molar-refractivity contribution in [2.24, 2.45) is 11.7 Å². The molecule has 3 nitrogen and oxygen atoms in total. The normalized spacial score (nSPS) is 27.6. The zero-order valence-electron chi connectivity index (χ0n) is 9.10. The minimum atomic E-state index is 0.197. The van der Waals surface area contributed by atoms with Crippen LogP contribution in [0.15, 0.2) is 0 Å². The minimum Gasteiger partial charge on any atom is -0.395 e. The largest absolute Gasteiger partial charge is 0.395 e. The Morgan fingerprint density at radius 3 is 2.47 bits per heavy atom. The zero-order valence-corrected chi connectivity index (χ0v) is 9.92. The van der Waals surface area contributed by atoms with Crippen molar-refractivity contribution in [1.82, 2.24) is 0 Å². The maximum atomic E-state index is 9.37. The Morgan fingerprint density at radius 2 is 1.93 bits per heavy atom. The molecule has 0 aromatic rings. The van der Waals surface area contributed by atoms with Crippen LogP contribution in [0.25, 0.3) is 0 Å². The molecule has 2 fully saturated rings. The van der Waals surface area contributed by atoms with Crippen molar-refractivity contribution < 1.29 is 9.84 Å². The van der Waals surface area contributed by atoms with Crippen molar-refractivity contribution in [1.29, 1.82) is 0 Å². The molecule has 2 atom stereocenters. The highest BCUT2D eigenvalue weighted by Gasteiger charge is 2.35. The van der Waals surface area contributed by atoms with E-state index in [0.29, 0.717) is 11.2 Å². The molecule has 0 aromatic heterocycles. The number of nitrogens with two attached hydrogens (primary N) is 1. The van der Waals surface area contributed by atoms with Crippen molar-refractivity contribution in [3.63, 3.8) is 0 Å². The van der Waals surface area contributed by atoms with E-state index in [-0.39, 0.29) is 17.9 Å². The van der Waals surface area contributed by atoms with Gasteiger partial charge in [-0.2, -0.15) is 11.8 Å². The van der Waals surface area contributed by atoms with Crippen LogP contribution >= 0.6 is 11.8 Å². The topological polar surface area (TPSA) is 55.5 Å². The van der Waals surface area contributed by atoms with Gasteiger partial charge in [-0.15, -0.1) is 0 Å². The summed E-state index contributed by atoms with van der Waals surface area (Å²) >= 11 is 1.89. The van der Waals surface area contributed by atoms with E-state index in [1.54, 1.807) is 0 Å². The van der Waals surface area contributed by atoms with Crippen molar-refractivity contribution >= 4 is 11.8 Å². The van der Waals surface area contributed by atoms with Crippen LogP contribution in [-0.4, -0.2) is 41.5 Å². The Morgan fingerprint density at radius 1 is 1.27 bits per heavy atom. The molecule has 15 heavy (non-hydrogen) atoms. The Kier molecular flexibility index (Phi) is 4.31. The molecule has 2 rings (SSSR count). The maximum Gasteiger partial charge on any atom is 0.0565 e. The summed E-state index contributed by atoms with van der Waals surface area (Å²) in [5.41, 5.74) is 6.14. The fourth-order valence-electron chi connectivity index (χ4n) is 2.10. The van der Waals surface area contributed by atoms with Crippen LogP contribution in [0.1, 0.15) is 25.7 Å². The van der Waals surface area contributed by atoms with Gasteiger partial charge in [0.15, 0.2) is 0 Å². The van der Waals surface area contributed by atoms with Crippen LogP contribution in [0.4, 0.5) is 0 Å². The number of aliphatic hydroxyl groups is 1. The van der Waals surface area contributed by atoms with Gasteiger partial charge < -0.3 is 15.6 Å². The molecule has 0 amide bonds. The average molecular weight is 231 g/mol. The molecule has 2 aliphatic rings. The summed E-state index contributed by atoms with van der Waals surface area (Å²) in [6.07, 6.45) is 4.73. The molecule has 0 radical (unpaired) electrons. The molecule has 2 unspecified atom stereocenters. The summed E-state index contributed by atoms with van der Waals surface area (Å²) in [6, 6.07) is 0.197. The van der Waals surface area contributed by atoms with E-state index >= 15 is 0 Å². The summed E-state index contributed by atoms with van der Waals surface area (Å²) < 4.78 is 5.33. The maximum absolute atomic E-state index is 9.37. The lowest BCUT2D eigenvalue weighted by molar-refractivity contribution is 0.0997. The number of thioether (sulfide) groups is 1. The Hall–Kier alpha value is 0.230. The number of hydrogen-bond acceptors (Lipinski definition) is 4. The standard InChI is InChI=1S/C11H21NO2S/c12-11(8-1-2-8)10(7-13)15-9-3-5-14-6-4-9/h8-11,13H,1-7,12H2. The van der Waals surface area contributed by atoms with E-state index in [2.05, 4.69) is 0 Å². The van der Waals surface area contributed by atoms with Gasteiger partial charge in [0.25, 0.3) is 0 Å². The van der Waals surface area contributed by atoms with E-state index in [1.807, 2.05) is 11.8 Å². The number of hydrogen-bond donors (Lipinski definition) is 2. The highest BCUT2D eigenvalue weighted by Crippen LogP contribution is 2.37. The van der Waals surface area contributed by atoms with Crippen LogP contribution in [0.3, 0.4) is 0 Å². The van der Waals surface area contributed by atoms with E-state index in [4.69, 9.17) is 10.5 Å². The number of aliphatic hydroxyl groups excluding tert-OH is 1. The van der Waals surface area contributed by atoms with Crippen molar-refractivity contribution in [2.75, 3.05) is 19.8 Å². The predicted octanol–water partition coefficient (Wildman–Crippen LogP) is 0.997. The molecule has 1 aliphatic heterocycles. The van der Waals surface area contributed by atoms with Crippen molar-refractivity contribution in [3.8, 4) is 0 Å². The third kappa shape index (κ3) is 3.34. The van der Waals surface area contributed by atoms with E-state index < -0.39 is 0 Å². The Labute approximate surface area is 95.7 Å². The van der Waals surface area contributed by atoms with Gasteiger partial charge in [0.1, 0.15) is 0 Å². The molecule has 0 bridgehead atoms. The van der Waals surface area contributed by atoms with E-state index in [1.165, 1.54) is 12.8 Å². The van der Waals surface area contributed by atoms with Crippen LogP contribution in [0, 0.1) is 5.92 Å². The smallest absolute Gasteiger partial charge is 0.0565 e. The zero-order chi connectivity index (χ0) is 10.7. The van der Waals surface area contributed by atoms with Crippen LogP contribution in [0.5, 0.6) is 0 Å².